The Balaban J connectivity index is 3.00. The van der Waals surface area contributed by atoms with Crippen LogP contribution in [0.25, 0.3) is 0 Å². The molecule has 0 bridgehead atoms. The molecule has 0 radical (unpaired) electrons. The van der Waals surface area contributed by atoms with Gasteiger partial charge in [0.15, 0.2) is 0 Å². The smallest absolute Gasteiger partial charge is 0.278 e. The summed E-state index contributed by atoms with van der Waals surface area (Å²) in [6, 6.07) is 8.98. The normalized spacial score (nSPS) is 16.1. The molecule has 0 saturated carbocycles. The first kappa shape index (κ1) is 16.1. The Kier molecular flexibility index (Phi) is 4.73. The average Bonchev–Trinajstić information content (AvgIpc) is 2.26. The molecule has 0 amide bonds. The highest BCUT2D eigenvalue weighted by Crippen LogP contribution is 2.21. The van der Waals surface area contributed by atoms with Crippen LogP contribution in [0.15, 0.2) is 30.3 Å². The number of benzene rings is 1. The predicted octanol–water partition coefficient (Wildman–Crippen LogP) is 1.12. The lowest BCUT2D eigenvalue weighted by Crippen LogP contribution is -2.54. The minimum atomic E-state index is -3.72. The van der Waals surface area contributed by atoms with Gasteiger partial charge in [-0.05, 0) is 33.3 Å². The van der Waals surface area contributed by atoms with Gasteiger partial charge in [0.25, 0.3) is 10.2 Å². The Morgan fingerprint density at radius 1 is 1.05 bits per heavy atom. The Morgan fingerprint density at radius 2 is 1.58 bits per heavy atom. The third-order valence-electron chi connectivity index (χ3n) is 2.53. The zero-order valence-electron chi connectivity index (χ0n) is 11.8. The van der Waals surface area contributed by atoms with Gasteiger partial charge in [0.2, 0.25) is 0 Å². The number of hydrogen-bond donors (Lipinski definition) is 3. The van der Waals surface area contributed by atoms with Gasteiger partial charge in [0, 0.05) is 5.54 Å². The van der Waals surface area contributed by atoms with Gasteiger partial charge < -0.3 is 5.11 Å². The SMILES string of the molecule is CC(C)(C)NS(=O)(=O)NC(C)(CO)c1ccccc1. The number of nitrogens with one attached hydrogen (secondary N) is 2. The van der Waals surface area contributed by atoms with Crippen molar-refractivity contribution in [1.82, 2.24) is 9.44 Å². The molecule has 5 nitrogen and oxygen atoms in total. The summed E-state index contributed by atoms with van der Waals surface area (Å²) in [6.07, 6.45) is 0. The molecule has 1 atom stereocenters. The first-order valence-corrected chi connectivity index (χ1v) is 7.56. The van der Waals surface area contributed by atoms with Crippen molar-refractivity contribution in [3.05, 3.63) is 35.9 Å². The Bertz CT molecular complexity index is 508. The van der Waals surface area contributed by atoms with Gasteiger partial charge in [-0.15, -0.1) is 0 Å². The number of hydrogen-bond acceptors (Lipinski definition) is 3. The van der Waals surface area contributed by atoms with Crippen LogP contribution < -0.4 is 9.44 Å². The van der Waals surface area contributed by atoms with Crippen LogP contribution in [-0.4, -0.2) is 25.7 Å². The second-order valence-corrected chi connectivity index (χ2v) is 7.23. The lowest BCUT2D eigenvalue weighted by Gasteiger charge is -2.31. The van der Waals surface area contributed by atoms with Crippen molar-refractivity contribution in [3.8, 4) is 0 Å². The van der Waals surface area contributed by atoms with Crippen LogP contribution >= 0.6 is 0 Å². The van der Waals surface area contributed by atoms with E-state index in [4.69, 9.17) is 0 Å². The topological polar surface area (TPSA) is 78.4 Å². The minimum absolute atomic E-state index is 0.331. The molecule has 3 N–H and O–H groups in total. The first-order chi connectivity index (χ1) is 8.58. The molecule has 0 aromatic heterocycles. The lowest BCUT2D eigenvalue weighted by molar-refractivity contribution is 0.195. The highest BCUT2D eigenvalue weighted by atomic mass is 32.2. The summed E-state index contributed by atoms with van der Waals surface area (Å²) in [6.45, 7) is 6.58. The molecule has 0 heterocycles. The van der Waals surface area contributed by atoms with E-state index in [9.17, 15) is 13.5 Å². The van der Waals surface area contributed by atoms with Crippen LogP contribution in [0, 0.1) is 0 Å². The van der Waals surface area contributed by atoms with Crippen molar-refractivity contribution in [2.75, 3.05) is 6.61 Å². The quantitative estimate of drug-likeness (QED) is 0.759. The largest absolute Gasteiger partial charge is 0.394 e. The summed E-state index contributed by atoms with van der Waals surface area (Å²) < 4.78 is 29.1. The highest BCUT2D eigenvalue weighted by Gasteiger charge is 2.32. The van der Waals surface area contributed by atoms with E-state index in [2.05, 4.69) is 9.44 Å². The highest BCUT2D eigenvalue weighted by molar-refractivity contribution is 7.87. The summed E-state index contributed by atoms with van der Waals surface area (Å²) in [5.41, 5.74) is -0.936. The van der Waals surface area contributed by atoms with Crippen LogP contribution in [-0.2, 0) is 15.7 Å². The van der Waals surface area contributed by atoms with E-state index in [1.54, 1.807) is 52.0 Å². The molecule has 0 fully saturated rings. The zero-order chi connectivity index (χ0) is 14.7. The van der Waals surface area contributed by atoms with Crippen LogP contribution in [0.4, 0.5) is 0 Å². The van der Waals surface area contributed by atoms with E-state index in [0.717, 1.165) is 0 Å². The van der Waals surface area contributed by atoms with E-state index >= 15 is 0 Å². The van der Waals surface area contributed by atoms with Gasteiger partial charge in [-0.1, -0.05) is 30.3 Å². The second-order valence-electron chi connectivity index (χ2n) is 5.81. The van der Waals surface area contributed by atoms with E-state index in [1.807, 2.05) is 6.07 Å². The van der Waals surface area contributed by atoms with Gasteiger partial charge in [0.05, 0.1) is 12.1 Å². The third kappa shape index (κ3) is 4.91. The molecule has 0 aliphatic carbocycles. The molecule has 0 aliphatic heterocycles. The molecule has 0 spiro atoms. The van der Waals surface area contributed by atoms with Crippen molar-refractivity contribution in [2.45, 2.75) is 38.8 Å². The van der Waals surface area contributed by atoms with Crippen LogP contribution in [0.1, 0.15) is 33.3 Å². The first-order valence-electron chi connectivity index (χ1n) is 6.07. The number of aliphatic hydroxyl groups is 1. The van der Waals surface area contributed by atoms with E-state index in [0.29, 0.717) is 5.56 Å². The van der Waals surface area contributed by atoms with E-state index < -0.39 is 21.3 Å². The molecule has 1 rings (SSSR count). The van der Waals surface area contributed by atoms with Crippen molar-refractivity contribution < 1.29 is 13.5 Å². The molecule has 1 unspecified atom stereocenters. The summed E-state index contributed by atoms with van der Waals surface area (Å²) in [5.74, 6) is 0. The van der Waals surface area contributed by atoms with Crippen molar-refractivity contribution in [2.24, 2.45) is 0 Å². The molecule has 0 saturated heterocycles. The van der Waals surface area contributed by atoms with Gasteiger partial charge in [-0.3, -0.25) is 0 Å². The van der Waals surface area contributed by atoms with Gasteiger partial charge >= 0.3 is 0 Å². The fourth-order valence-electron chi connectivity index (χ4n) is 1.71. The number of aliphatic hydroxyl groups excluding tert-OH is 1. The summed E-state index contributed by atoms with van der Waals surface area (Å²) >= 11 is 0. The van der Waals surface area contributed by atoms with Gasteiger partial charge in [0.1, 0.15) is 0 Å². The molecular weight excluding hydrogens is 264 g/mol. The Morgan fingerprint density at radius 3 is 2.00 bits per heavy atom. The average molecular weight is 286 g/mol. The maximum absolute atomic E-state index is 12.1. The van der Waals surface area contributed by atoms with Gasteiger partial charge in [-0.2, -0.15) is 17.9 Å². The second kappa shape index (κ2) is 5.58. The van der Waals surface area contributed by atoms with Crippen LogP contribution in [0.2, 0.25) is 0 Å². The van der Waals surface area contributed by atoms with Crippen molar-refractivity contribution in [1.29, 1.82) is 0 Å². The fraction of sp³-hybridized carbons (Fsp3) is 0.538. The van der Waals surface area contributed by atoms with Gasteiger partial charge in [-0.25, -0.2) is 0 Å². The minimum Gasteiger partial charge on any atom is -0.394 e. The van der Waals surface area contributed by atoms with Crippen LogP contribution in [0.3, 0.4) is 0 Å². The maximum Gasteiger partial charge on any atom is 0.278 e. The maximum atomic E-state index is 12.1. The Hall–Kier alpha value is -0.950. The predicted molar refractivity (Wildman–Crippen MR) is 75.8 cm³/mol. The molecule has 108 valence electrons. The molecule has 1 aromatic carbocycles. The molecule has 0 aliphatic rings. The monoisotopic (exact) mass is 286 g/mol. The van der Waals surface area contributed by atoms with Crippen molar-refractivity contribution in [3.63, 3.8) is 0 Å². The molecule has 6 heteroatoms. The molecular formula is C13H22N2O3S. The summed E-state index contributed by atoms with van der Waals surface area (Å²) in [4.78, 5) is 0. The molecule has 1 aromatic rings. The molecule has 19 heavy (non-hydrogen) atoms. The van der Waals surface area contributed by atoms with Crippen molar-refractivity contribution >= 4 is 10.2 Å². The fourth-order valence-corrected chi connectivity index (χ4v) is 3.35. The summed E-state index contributed by atoms with van der Waals surface area (Å²) in [7, 11) is -3.72. The number of rotatable bonds is 5. The Labute approximate surface area is 115 Å². The van der Waals surface area contributed by atoms with E-state index in [1.165, 1.54) is 0 Å². The standard InChI is InChI=1S/C13H22N2O3S/c1-12(2,3)14-19(17,18)15-13(4,10-16)11-8-6-5-7-9-11/h5-9,14-16H,10H2,1-4H3. The zero-order valence-corrected chi connectivity index (χ0v) is 12.6. The third-order valence-corrected chi connectivity index (χ3v) is 4.13. The lowest BCUT2D eigenvalue weighted by atomic mass is 9.94. The van der Waals surface area contributed by atoms with E-state index in [-0.39, 0.29) is 6.61 Å². The summed E-state index contributed by atoms with van der Waals surface area (Å²) in [5, 5.41) is 9.55. The van der Waals surface area contributed by atoms with Crippen LogP contribution in [0.5, 0.6) is 0 Å².